The molecule has 0 amide bonds. The molecule has 13 rings (SSSR count). The van der Waals surface area contributed by atoms with Crippen molar-refractivity contribution in [2.75, 3.05) is 0 Å². The number of hydrogen-bond donors (Lipinski definition) is 0. The average Bonchev–Trinajstić information content (AvgIpc) is 3.79. The lowest BCUT2D eigenvalue weighted by molar-refractivity contribution is 0.670. The van der Waals surface area contributed by atoms with E-state index in [1.807, 2.05) is 12.3 Å². The van der Waals surface area contributed by atoms with Gasteiger partial charge in [0.15, 0.2) is 0 Å². The Hall–Kier alpha value is -8.66. The monoisotopic (exact) mass is 826 g/mol. The van der Waals surface area contributed by atoms with Crippen molar-refractivity contribution in [1.82, 2.24) is 9.97 Å². The van der Waals surface area contributed by atoms with Crippen LogP contribution in [0.25, 0.3) is 132 Å². The minimum Gasteiger partial charge on any atom is -0.455 e. The summed E-state index contributed by atoms with van der Waals surface area (Å²) < 4.78 is 6.65. The van der Waals surface area contributed by atoms with Gasteiger partial charge in [-0.3, -0.25) is 4.98 Å². The molecule has 0 aliphatic carbocycles. The molecule has 0 aliphatic heterocycles. The average molecular weight is 827 g/mol. The Labute approximate surface area is 375 Å². The summed E-state index contributed by atoms with van der Waals surface area (Å²) in [6, 6.07) is 80.2. The SMILES string of the molecule is c1ccc(-c2ccc(-c3ccc4c5ccc(-c6ccc(-c7ccccc7)cc6)cc5c5nc(-c6cccc(-c7cc8ccccc8c8c7oc7ccccc78)c6)cnc5c4c3)cc2)cc1. The molecule has 0 bridgehead atoms. The Bertz CT molecular complexity index is 3970. The smallest absolute Gasteiger partial charge is 0.143 e. The standard InChI is InChI=1S/C62H38N2O/c1-3-12-39(13-4-1)41-22-26-43(27-23-41)45-30-32-51-52-33-31-46(44-28-24-42(25-29-44)40-14-5-2-6-15-40)36-56(52)61-60(55(51)35-45)63-38-57(64-61)49-18-11-17-47(34-49)54-37-48-16-7-8-19-50(48)59-53-20-9-10-21-58(53)65-62(54)59/h1-38H. The Morgan fingerprint density at radius 3 is 1.45 bits per heavy atom. The maximum Gasteiger partial charge on any atom is 0.143 e. The molecule has 13 aromatic rings. The molecule has 0 fully saturated rings. The molecule has 2 aromatic heterocycles. The highest BCUT2D eigenvalue weighted by Gasteiger charge is 2.19. The van der Waals surface area contributed by atoms with E-state index in [1.165, 1.54) is 33.0 Å². The van der Waals surface area contributed by atoms with Gasteiger partial charge in [-0.05, 0) is 102 Å². The lowest BCUT2D eigenvalue weighted by atomic mass is 9.92. The zero-order chi connectivity index (χ0) is 42.8. The molecule has 0 saturated heterocycles. The van der Waals surface area contributed by atoms with Gasteiger partial charge in [-0.1, -0.05) is 194 Å². The van der Waals surface area contributed by atoms with Gasteiger partial charge in [0.25, 0.3) is 0 Å². The number of furan rings is 1. The molecule has 65 heavy (non-hydrogen) atoms. The predicted octanol–water partition coefficient (Wildman–Crippen LogP) is 17.0. The summed E-state index contributed by atoms with van der Waals surface area (Å²) in [5.74, 6) is 0. The van der Waals surface area contributed by atoms with Gasteiger partial charge in [0, 0.05) is 32.7 Å². The molecule has 0 spiro atoms. The van der Waals surface area contributed by atoms with Crippen molar-refractivity contribution in [3.05, 3.63) is 231 Å². The second-order valence-corrected chi connectivity index (χ2v) is 16.9. The minimum atomic E-state index is 0.812. The van der Waals surface area contributed by atoms with Crippen LogP contribution >= 0.6 is 0 Å². The molecule has 3 heteroatoms. The summed E-state index contributed by atoms with van der Waals surface area (Å²) in [7, 11) is 0. The van der Waals surface area contributed by atoms with Gasteiger partial charge >= 0.3 is 0 Å². The fourth-order valence-electron chi connectivity index (χ4n) is 9.83. The first-order valence-corrected chi connectivity index (χ1v) is 22.1. The summed E-state index contributed by atoms with van der Waals surface area (Å²) in [6.07, 6.45) is 1.94. The Morgan fingerprint density at radius 1 is 0.308 bits per heavy atom. The molecule has 0 atom stereocenters. The maximum absolute atomic E-state index is 6.65. The fraction of sp³-hybridized carbons (Fsp3) is 0. The summed E-state index contributed by atoms with van der Waals surface area (Å²) >= 11 is 0. The third-order valence-corrected chi connectivity index (χ3v) is 13.1. The number of fused-ring (bicyclic) bond motifs is 11. The maximum atomic E-state index is 6.65. The first-order chi connectivity index (χ1) is 32.2. The molecule has 2 heterocycles. The van der Waals surface area contributed by atoms with Gasteiger partial charge in [-0.15, -0.1) is 0 Å². The first-order valence-electron chi connectivity index (χ1n) is 22.1. The van der Waals surface area contributed by atoms with Crippen LogP contribution in [0.4, 0.5) is 0 Å². The van der Waals surface area contributed by atoms with E-state index in [4.69, 9.17) is 14.4 Å². The Balaban J connectivity index is 0.981. The molecular weight excluding hydrogens is 789 g/mol. The molecular formula is C62H38N2O. The lowest BCUT2D eigenvalue weighted by Gasteiger charge is -2.14. The van der Waals surface area contributed by atoms with Gasteiger partial charge in [0.1, 0.15) is 11.2 Å². The number of rotatable bonds is 6. The van der Waals surface area contributed by atoms with Crippen molar-refractivity contribution in [2.45, 2.75) is 0 Å². The highest BCUT2D eigenvalue weighted by molar-refractivity contribution is 6.25. The minimum absolute atomic E-state index is 0.812. The van der Waals surface area contributed by atoms with Gasteiger partial charge in [-0.2, -0.15) is 0 Å². The van der Waals surface area contributed by atoms with Crippen molar-refractivity contribution in [3.63, 3.8) is 0 Å². The van der Waals surface area contributed by atoms with E-state index in [-0.39, 0.29) is 0 Å². The van der Waals surface area contributed by atoms with Crippen molar-refractivity contribution in [2.24, 2.45) is 0 Å². The number of benzene rings is 11. The third kappa shape index (κ3) is 6.28. The fourth-order valence-corrected chi connectivity index (χ4v) is 9.83. The van der Waals surface area contributed by atoms with E-state index in [9.17, 15) is 0 Å². The zero-order valence-corrected chi connectivity index (χ0v) is 35.2. The van der Waals surface area contributed by atoms with Crippen LogP contribution in [0.3, 0.4) is 0 Å². The van der Waals surface area contributed by atoms with Crippen molar-refractivity contribution >= 4 is 65.3 Å². The quantitative estimate of drug-likeness (QED) is 0.157. The first kappa shape index (κ1) is 36.9. The van der Waals surface area contributed by atoms with Crippen LogP contribution in [0.2, 0.25) is 0 Å². The predicted molar refractivity (Wildman–Crippen MR) is 272 cm³/mol. The molecule has 302 valence electrons. The Kier molecular flexibility index (Phi) is 8.53. The summed E-state index contributed by atoms with van der Waals surface area (Å²) in [5.41, 5.74) is 16.8. The van der Waals surface area contributed by atoms with Crippen molar-refractivity contribution in [1.29, 1.82) is 0 Å². The van der Waals surface area contributed by atoms with E-state index >= 15 is 0 Å². The van der Waals surface area contributed by atoms with E-state index < -0.39 is 0 Å². The molecule has 3 nitrogen and oxygen atoms in total. The van der Waals surface area contributed by atoms with Gasteiger partial charge in [0.2, 0.25) is 0 Å². The topological polar surface area (TPSA) is 38.9 Å². The normalized spacial score (nSPS) is 11.7. The molecule has 0 unspecified atom stereocenters. The number of hydrogen-bond acceptors (Lipinski definition) is 3. The van der Waals surface area contributed by atoms with Crippen LogP contribution in [0.1, 0.15) is 0 Å². The van der Waals surface area contributed by atoms with Crippen LogP contribution in [0.15, 0.2) is 235 Å². The van der Waals surface area contributed by atoms with E-state index in [0.717, 1.165) is 99.2 Å². The van der Waals surface area contributed by atoms with Gasteiger partial charge in [0.05, 0.1) is 22.9 Å². The molecule has 0 aliphatic rings. The van der Waals surface area contributed by atoms with E-state index in [1.54, 1.807) is 0 Å². The molecule has 0 saturated carbocycles. The molecule has 0 N–H and O–H groups in total. The highest BCUT2D eigenvalue weighted by Crippen LogP contribution is 2.43. The second-order valence-electron chi connectivity index (χ2n) is 16.9. The second kappa shape index (κ2) is 15.0. The highest BCUT2D eigenvalue weighted by atomic mass is 16.3. The summed E-state index contributed by atoms with van der Waals surface area (Å²) in [5, 5.41) is 9.06. The van der Waals surface area contributed by atoms with Crippen LogP contribution in [0.5, 0.6) is 0 Å². The van der Waals surface area contributed by atoms with E-state index in [0.29, 0.717) is 0 Å². The third-order valence-electron chi connectivity index (χ3n) is 13.1. The molecule has 0 radical (unpaired) electrons. The Morgan fingerprint density at radius 2 is 0.800 bits per heavy atom. The largest absolute Gasteiger partial charge is 0.455 e. The van der Waals surface area contributed by atoms with Crippen LogP contribution in [-0.2, 0) is 0 Å². The number of aromatic nitrogens is 2. The van der Waals surface area contributed by atoms with Crippen LogP contribution in [-0.4, -0.2) is 9.97 Å². The van der Waals surface area contributed by atoms with Gasteiger partial charge in [-0.25, -0.2) is 4.98 Å². The number of nitrogens with zero attached hydrogens (tertiary/aromatic N) is 2. The lowest BCUT2D eigenvalue weighted by Crippen LogP contribution is -1.94. The number of para-hydroxylation sites is 1. The zero-order valence-electron chi connectivity index (χ0n) is 35.2. The summed E-state index contributed by atoms with van der Waals surface area (Å²) in [6.45, 7) is 0. The van der Waals surface area contributed by atoms with Gasteiger partial charge < -0.3 is 4.42 Å². The molecule has 11 aromatic carbocycles. The van der Waals surface area contributed by atoms with E-state index in [2.05, 4.69) is 218 Å². The van der Waals surface area contributed by atoms with Crippen molar-refractivity contribution < 1.29 is 4.42 Å². The van der Waals surface area contributed by atoms with Crippen LogP contribution < -0.4 is 0 Å². The van der Waals surface area contributed by atoms with Crippen LogP contribution in [0, 0.1) is 0 Å². The summed E-state index contributed by atoms with van der Waals surface area (Å²) in [4.78, 5) is 10.9. The van der Waals surface area contributed by atoms with Crippen molar-refractivity contribution in [3.8, 4) is 66.9 Å².